The number of amides is 1. The second-order valence-corrected chi connectivity index (χ2v) is 6.20. The monoisotopic (exact) mass is 324 g/mol. The van der Waals surface area contributed by atoms with Gasteiger partial charge in [-0.25, -0.2) is 4.98 Å². The molecule has 7 nitrogen and oxygen atoms in total. The molecule has 2 aromatic rings. The van der Waals surface area contributed by atoms with Crippen LogP contribution in [0.25, 0.3) is 0 Å². The summed E-state index contributed by atoms with van der Waals surface area (Å²) in [5.41, 5.74) is 0. The molecule has 1 saturated heterocycles. The highest BCUT2D eigenvalue weighted by Crippen LogP contribution is 2.30. The molecule has 24 heavy (non-hydrogen) atoms. The van der Waals surface area contributed by atoms with Crippen LogP contribution >= 0.6 is 0 Å². The Morgan fingerprint density at radius 2 is 1.71 bits per heavy atom. The highest BCUT2D eigenvalue weighted by molar-refractivity contribution is 5.93. The van der Waals surface area contributed by atoms with Crippen LogP contribution in [0.3, 0.4) is 0 Å². The lowest BCUT2D eigenvalue weighted by atomic mass is 10.3. The Labute approximate surface area is 140 Å². The van der Waals surface area contributed by atoms with Crippen LogP contribution in [0.15, 0.2) is 36.5 Å². The van der Waals surface area contributed by atoms with E-state index in [4.69, 9.17) is 0 Å². The number of pyridine rings is 1. The lowest BCUT2D eigenvalue weighted by Gasteiger charge is -2.35. The molecule has 7 heteroatoms. The van der Waals surface area contributed by atoms with Gasteiger partial charge < -0.3 is 15.1 Å². The summed E-state index contributed by atoms with van der Waals surface area (Å²) in [5, 5.41) is 11.2. The Balaban J connectivity index is 1.34. The van der Waals surface area contributed by atoms with E-state index >= 15 is 0 Å². The highest BCUT2D eigenvalue weighted by atomic mass is 16.2. The van der Waals surface area contributed by atoms with Crippen molar-refractivity contribution >= 4 is 23.4 Å². The van der Waals surface area contributed by atoms with Crippen LogP contribution in [-0.4, -0.2) is 47.3 Å². The van der Waals surface area contributed by atoms with E-state index in [1.165, 1.54) is 0 Å². The predicted molar refractivity (Wildman–Crippen MR) is 92.0 cm³/mol. The first-order valence-corrected chi connectivity index (χ1v) is 8.35. The quantitative estimate of drug-likeness (QED) is 0.920. The van der Waals surface area contributed by atoms with Crippen molar-refractivity contribution in [3.05, 3.63) is 36.5 Å². The van der Waals surface area contributed by atoms with Crippen LogP contribution in [0.4, 0.5) is 17.5 Å². The number of nitrogens with one attached hydrogen (secondary N) is 1. The molecule has 0 atom stereocenters. The molecule has 0 aromatic carbocycles. The molecular formula is C17H20N6O. The van der Waals surface area contributed by atoms with Crippen molar-refractivity contribution in [2.24, 2.45) is 5.92 Å². The molecule has 124 valence electrons. The van der Waals surface area contributed by atoms with E-state index in [0.717, 1.165) is 50.7 Å². The van der Waals surface area contributed by atoms with E-state index in [1.807, 2.05) is 36.5 Å². The number of carbonyl (C=O) groups excluding carboxylic acids is 1. The lowest BCUT2D eigenvalue weighted by molar-refractivity contribution is -0.117. The number of anilines is 3. The Hall–Kier alpha value is -2.70. The van der Waals surface area contributed by atoms with Crippen LogP contribution in [0.5, 0.6) is 0 Å². The number of hydrogen-bond donors (Lipinski definition) is 1. The third-order valence-electron chi connectivity index (χ3n) is 4.43. The van der Waals surface area contributed by atoms with E-state index < -0.39 is 0 Å². The Morgan fingerprint density at radius 1 is 0.958 bits per heavy atom. The topological polar surface area (TPSA) is 74.2 Å². The molecule has 2 aliphatic rings. The molecule has 3 heterocycles. The zero-order chi connectivity index (χ0) is 16.4. The molecule has 0 radical (unpaired) electrons. The second kappa shape index (κ2) is 6.43. The third-order valence-corrected chi connectivity index (χ3v) is 4.43. The molecule has 0 unspecified atom stereocenters. The normalized spacial score (nSPS) is 17.7. The summed E-state index contributed by atoms with van der Waals surface area (Å²) in [6.45, 7) is 3.55. The molecule has 0 spiro atoms. The van der Waals surface area contributed by atoms with Crippen molar-refractivity contribution in [1.82, 2.24) is 15.2 Å². The first-order chi connectivity index (χ1) is 11.8. The summed E-state index contributed by atoms with van der Waals surface area (Å²) in [6.07, 6.45) is 3.79. The minimum Gasteiger partial charge on any atom is -0.353 e. The molecule has 1 N–H and O–H groups in total. The Morgan fingerprint density at radius 3 is 2.29 bits per heavy atom. The minimum atomic E-state index is 0.0565. The molecule has 1 aliphatic heterocycles. The molecular weight excluding hydrogens is 304 g/mol. The van der Waals surface area contributed by atoms with Crippen LogP contribution in [0, 0.1) is 5.92 Å². The summed E-state index contributed by atoms with van der Waals surface area (Å²) < 4.78 is 0. The maximum atomic E-state index is 11.7. The maximum absolute atomic E-state index is 11.7. The molecule has 1 amide bonds. The third kappa shape index (κ3) is 3.29. The zero-order valence-corrected chi connectivity index (χ0v) is 13.4. The number of aromatic nitrogens is 3. The van der Waals surface area contributed by atoms with Crippen molar-refractivity contribution in [3.8, 4) is 0 Å². The SMILES string of the molecule is O=C(Nc1ccc(N2CCN(c3ccccn3)CC2)nn1)C1CC1. The first-order valence-electron chi connectivity index (χ1n) is 8.35. The minimum absolute atomic E-state index is 0.0565. The molecule has 0 bridgehead atoms. The van der Waals surface area contributed by atoms with Gasteiger partial charge >= 0.3 is 0 Å². The largest absolute Gasteiger partial charge is 0.353 e. The Bertz CT molecular complexity index is 693. The van der Waals surface area contributed by atoms with E-state index in [1.54, 1.807) is 0 Å². The average molecular weight is 324 g/mol. The van der Waals surface area contributed by atoms with E-state index in [0.29, 0.717) is 5.82 Å². The number of rotatable bonds is 4. The summed E-state index contributed by atoms with van der Waals surface area (Å²) in [6, 6.07) is 9.72. The van der Waals surface area contributed by atoms with Crippen LogP contribution < -0.4 is 15.1 Å². The van der Waals surface area contributed by atoms with Gasteiger partial charge in [0.05, 0.1) is 0 Å². The summed E-state index contributed by atoms with van der Waals surface area (Å²) in [4.78, 5) is 20.6. The molecule has 1 saturated carbocycles. The number of carbonyl (C=O) groups is 1. The molecule has 4 rings (SSSR count). The summed E-state index contributed by atoms with van der Waals surface area (Å²) in [7, 11) is 0. The van der Waals surface area contributed by atoms with Gasteiger partial charge in [0.2, 0.25) is 5.91 Å². The number of piperazine rings is 1. The van der Waals surface area contributed by atoms with Crippen molar-refractivity contribution in [2.75, 3.05) is 41.3 Å². The standard InChI is InChI=1S/C17H20N6O/c24-17(13-4-5-13)19-14-6-7-16(21-20-14)23-11-9-22(10-12-23)15-3-1-2-8-18-15/h1-3,6-8,13H,4-5,9-12H2,(H,19,20,24). The highest BCUT2D eigenvalue weighted by Gasteiger charge is 2.29. The average Bonchev–Trinajstić information content (AvgIpc) is 3.49. The number of hydrogen-bond acceptors (Lipinski definition) is 6. The first kappa shape index (κ1) is 14.9. The predicted octanol–water partition coefficient (Wildman–Crippen LogP) is 1.55. The fourth-order valence-electron chi connectivity index (χ4n) is 2.84. The molecule has 2 aromatic heterocycles. The van der Waals surface area contributed by atoms with Gasteiger partial charge in [-0.3, -0.25) is 4.79 Å². The summed E-state index contributed by atoms with van der Waals surface area (Å²) in [5.74, 6) is 2.62. The van der Waals surface area contributed by atoms with Gasteiger partial charge in [0.1, 0.15) is 5.82 Å². The van der Waals surface area contributed by atoms with E-state index in [9.17, 15) is 4.79 Å². The van der Waals surface area contributed by atoms with Crippen LogP contribution in [0.2, 0.25) is 0 Å². The fraction of sp³-hybridized carbons (Fsp3) is 0.412. The van der Waals surface area contributed by atoms with Crippen molar-refractivity contribution in [2.45, 2.75) is 12.8 Å². The van der Waals surface area contributed by atoms with Crippen LogP contribution in [-0.2, 0) is 4.79 Å². The van der Waals surface area contributed by atoms with E-state index in [-0.39, 0.29) is 11.8 Å². The van der Waals surface area contributed by atoms with Gasteiger partial charge in [-0.05, 0) is 37.1 Å². The van der Waals surface area contributed by atoms with Crippen molar-refractivity contribution < 1.29 is 4.79 Å². The zero-order valence-electron chi connectivity index (χ0n) is 13.4. The van der Waals surface area contributed by atoms with Gasteiger partial charge in [-0.1, -0.05) is 6.07 Å². The number of nitrogens with zero attached hydrogens (tertiary/aromatic N) is 5. The van der Waals surface area contributed by atoms with Gasteiger partial charge in [0.15, 0.2) is 11.6 Å². The molecule has 1 aliphatic carbocycles. The van der Waals surface area contributed by atoms with Crippen LogP contribution in [0.1, 0.15) is 12.8 Å². The molecule has 2 fully saturated rings. The second-order valence-electron chi connectivity index (χ2n) is 6.20. The summed E-state index contributed by atoms with van der Waals surface area (Å²) >= 11 is 0. The van der Waals surface area contributed by atoms with Gasteiger partial charge in [-0.2, -0.15) is 0 Å². The fourth-order valence-corrected chi connectivity index (χ4v) is 2.84. The van der Waals surface area contributed by atoms with Crippen molar-refractivity contribution in [3.63, 3.8) is 0 Å². The van der Waals surface area contributed by atoms with Gasteiger partial charge in [0.25, 0.3) is 0 Å². The van der Waals surface area contributed by atoms with Gasteiger partial charge in [0, 0.05) is 38.3 Å². The lowest BCUT2D eigenvalue weighted by Crippen LogP contribution is -2.47. The Kier molecular flexibility index (Phi) is 3.98. The van der Waals surface area contributed by atoms with Crippen molar-refractivity contribution in [1.29, 1.82) is 0 Å². The smallest absolute Gasteiger partial charge is 0.228 e. The van der Waals surface area contributed by atoms with Gasteiger partial charge in [-0.15, -0.1) is 10.2 Å². The maximum Gasteiger partial charge on any atom is 0.228 e. The van der Waals surface area contributed by atoms with E-state index in [2.05, 4.69) is 30.3 Å².